The second-order valence-corrected chi connectivity index (χ2v) is 5.23. The maximum absolute atomic E-state index is 9.31. The average molecular weight is 242 g/mol. The molecule has 0 radical (unpaired) electrons. The minimum absolute atomic E-state index is 0.459. The van der Waals surface area contributed by atoms with Crippen LogP contribution >= 0.6 is 0 Å². The van der Waals surface area contributed by atoms with Gasteiger partial charge in [-0.05, 0) is 37.8 Å². The molecule has 18 heavy (non-hydrogen) atoms. The summed E-state index contributed by atoms with van der Waals surface area (Å²) in [7, 11) is 0. The molecule has 1 atom stereocenters. The van der Waals surface area contributed by atoms with Crippen molar-refractivity contribution in [2.24, 2.45) is 0 Å². The van der Waals surface area contributed by atoms with Gasteiger partial charge in [-0.1, -0.05) is 0 Å². The Bertz CT molecular complexity index is 503. The maximum Gasteiger partial charge on any atom is 0.146 e. The molecule has 1 saturated heterocycles. The number of hydrogen-bond donors (Lipinski definition) is 1. The van der Waals surface area contributed by atoms with Gasteiger partial charge in [0.2, 0.25) is 0 Å². The molecule has 2 heterocycles. The zero-order valence-electron chi connectivity index (χ0n) is 10.7. The number of fused-ring (bicyclic) bond motifs is 1. The summed E-state index contributed by atoms with van der Waals surface area (Å²) < 4.78 is 0. The third-order valence-electron chi connectivity index (χ3n) is 3.82. The summed E-state index contributed by atoms with van der Waals surface area (Å²) in [6, 6.07) is 4.82. The SMILES string of the molecule is C[C@@H]1CN(c2nc3c(cc2C#N)CCC3)CCN1. The van der Waals surface area contributed by atoms with Crippen LogP contribution in [-0.2, 0) is 12.8 Å². The van der Waals surface area contributed by atoms with E-state index in [0.29, 0.717) is 6.04 Å². The van der Waals surface area contributed by atoms with Crippen molar-refractivity contribution in [3.63, 3.8) is 0 Å². The number of nitrogens with one attached hydrogen (secondary N) is 1. The first-order valence-corrected chi connectivity index (χ1v) is 6.69. The van der Waals surface area contributed by atoms with Crippen molar-refractivity contribution in [1.82, 2.24) is 10.3 Å². The normalized spacial score (nSPS) is 22.7. The van der Waals surface area contributed by atoms with Crippen LogP contribution in [0.3, 0.4) is 0 Å². The topological polar surface area (TPSA) is 52.0 Å². The Morgan fingerprint density at radius 2 is 2.39 bits per heavy atom. The Labute approximate surface area is 108 Å². The first kappa shape index (κ1) is 11.5. The number of aryl methyl sites for hydroxylation is 2. The molecule has 1 aromatic heterocycles. The Hall–Kier alpha value is -1.60. The Kier molecular flexibility index (Phi) is 2.92. The molecule has 2 aliphatic rings. The van der Waals surface area contributed by atoms with Crippen LogP contribution in [0.1, 0.15) is 30.2 Å². The Morgan fingerprint density at radius 1 is 1.50 bits per heavy atom. The third kappa shape index (κ3) is 1.95. The van der Waals surface area contributed by atoms with Gasteiger partial charge in [-0.25, -0.2) is 4.98 Å². The summed E-state index contributed by atoms with van der Waals surface area (Å²) >= 11 is 0. The van der Waals surface area contributed by atoms with E-state index in [1.165, 1.54) is 17.7 Å². The van der Waals surface area contributed by atoms with Crippen molar-refractivity contribution >= 4 is 5.82 Å². The molecule has 1 N–H and O–H groups in total. The maximum atomic E-state index is 9.31. The number of anilines is 1. The number of pyridine rings is 1. The lowest BCUT2D eigenvalue weighted by atomic mass is 10.1. The lowest BCUT2D eigenvalue weighted by molar-refractivity contribution is 0.482. The Morgan fingerprint density at radius 3 is 3.17 bits per heavy atom. The van der Waals surface area contributed by atoms with Crippen LogP contribution < -0.4 is 10.2 Å². The summed E-state index contributed by atoms with van der Waals surface area (Å²) in [5, 5.41) is 12.7. The molecule has 94 valence electrons. The van der Waals surface area contributed by atoms with E-state index in [1.54, 1.807) is 0 Å². The smallest absolute Gasteiger partial charge is 0.146 e. The van der Waals surface area contributed by atoms with E-state index >= 15 is 0 Å². The molecule has 0 amide bonds. The minimum Gasteiger partial charge on any atom is -0.353 e. The van der Waals surface area contributed by atoms with Gasteiger partial charge in [0, 0.05) is 31.4 Å². The van der Waals surface area contributed by atoms with Crippen molar-refractivity contribution in [2.75, 3.05) is 24.5 Å². The first-order chi connectivity index (χ1) is 8.78. The zero-order valence-corrected chi connectivity index (χ0v) is 10.7. The molecule has 1 fully saturated rings. The predicted molar refractivity (Wildman–Crippen MR) is 70.7 cm³/mol. The molecule has 4 nitrogen and oxygen atoms in total. The van der Waals surface area contributed by atoms with Crippen LogP contribution in [-0.4, -0.2) is 30.7 Å². The van der Waals surface area contributed by atoms with E-state index in [1.807, 2.05) is 0 Å². The number of rotatable bonds is 1. The average Bonchev–Trinajstić information content (AvgIpc) is 2.84. The second-order valence-electron chi connectivity index (χ2n) is 5.23. The van der Waals surface area contributed by atoms with Gasteiger partial charge in [0.1, 0.15) is 11.9 Å². The standard InChI is InChI=1S/C14H18N4/c1-10-9-18(6-5-16-10)14-12(8-15)7-11-3-2-4-13(11)17-14/h7,10,16H,2-6,9H2,1H3/t10-/m1/s1. The van der Waals surface area contributed by atoms with Gasteiger partial charge < -0.3 is 10.2 Å². The zero-order chi connectivity index (χ0) is 12.5. The highest BCUT2D eigenvalue weighted by molar-refractivity contribution is 5.57. The third-order valence-corrected chi connectivity index (χ3v) is 3.82. The van der Waals surface area contributed by atoms with Crippen LogP contribution in [0.15, 0.2) is 6.07 Å². The van der Waals surface area contributed by atoms with E-state index in [9.17, 15) is 5.26 Å². The van der Waals surface area contributed by atoms with Crippen molar-refractivity contribution in [1.29, 1.82) is 5.26 Å². The first-order valence-electron chi connectivity index (χ1n) is 6.69. The minimum atomic E-state index is 0.459. The summed E-state index contributed by atoms with van der Waals surface area (Å²) in [5.41, 5.74) is 3.22. The van der Waals surface area contributed by atoms with Crippen LogP contribution in [0, 0.1) is 11.3 Å². The number of aromatic nitrogens is 1. The Balaban J connectivity index is 1.98. The molecule has 0 saturated carbocycles. The molecule has 4 heteroatoms. The van der Waals surface area contributed by atoms with Crippen LogP contribution in [0.4, 0.5) is 5.82 Å². The lowest BCUT2D eigenvalue weighted by Gasteiger charge is -2.33. The fourth-order valence-corrected chi connectivity index (χ4v) is 2.91. The van der Waals surface area contributed by atoms with E-state index < -0.39 is 0 Å². The van der Waals surface area contributed by atoms with Gasteiger partial charge in [-0.3, -0.25) is 0 Å². The molecular formula is C14H18N4. The lowest BCUT2D eigenvalue weighted by Crippen LogP contribution is -2.49. The van der Waals surface area contributed by atoms with Gasteiger partial charge in [0.25, 0.3) is 0 Å². The molecule has 3 rings (SSSR count). The number of hydrogen-bond acceptors (Lipinski definition) is 4. The largest absolute Gasteiger partial charge is 0.353 e. The molecule has 0 unspecified atom stereocenters. The van der Waals surface area contributed by atoms with Gasteiger partial charge in [-0.15, -0.1) is 0 Å². The van der Waals surface area contributed by atoms with Crippen molar-refractivity contribution in [3.8, 4) is 6.07 Å². The van der Waals surface area contributed by atoms with E-state index in [4.69, 9.17) is 4.98 Å². The number of piperazine rings is 1. The van der Waals surface area contributed by atoms with Crippen LogP contribution in [0.5, 0.6) is 0 Å². The fraction of sp³-hybridized carbons (Fsp3) is 0.571. The molecule has 0 spiro atoms. The molecule has 1 aliphatic heterocycles. The van der Waals surface area contributed by atoms with E-state index in [0.717, 1.165) is 43.9 Å². The number of nitriles is 1. The summed E-state index contributed by atoms with van der Waals surface area (Å²) in [4.78, 5) is 7.01. The highest BCUT2D eigenvalue weighted by atomic mass is 15.2. The highest BCUT2D eigenvalue weighted by Crippen LogP contribution is 2.27. The monoisotopic (exact) mass is 242 g/mol. The van der Waals surface area contributed by atoms with Gasteiger partial charge in [-0.2, -0.15) is 5.26 Å². The quantitative estimate of drug-likeness (QED) is 0.805. The molecular weight excluding hydrogens is 224 g/mol. The van der Waals surface area contributed by atoms with Crippen molar-refractivity contribution in [3.05, 3.63) is 22.9 Å². The summed E-state index contributed by atoms with van der Waals surface area (Å²) in [5.74, 6) is 0.895. The molecule has 0 bridgehead atoms. The van der Waals surface area contributed by atoms with Gasteiger partial charge >= 0.3 is 0 Å². The fourth-order valence-electron chi connectivity index (χ4n) is 2.91. The molecule has 0 aromatic carbocycles. The van der Waals surface area contributed by atoms with Crippen LogP contribution in [0.2, 0.25) is 0 Å². The summed E-state index contributed by atoms with van der Waals surface area (Å²) in [6.45, 7) is 5.00. The van der Waals surface area contributed by atoms with Gasteiger partial charge in [0.15, 0.2) is 0 Å². The molecule has 1 aromatic rings. The number of nitrogens with zero attached hydrogens (tertiary/aromatic N) is 3. The highest BCUT2D eigenvalue weighted by Gasteiger charge is 2.23. The summed E-state index contributed by atoms with van der Waals surface area (Å²) in [6.07, 6.45) is 3.32. The van der Waals surface area contributed by atoms with Crippen LogP contribution in [0.25, 0.3) is 0 Å². The van der Waals surface area contributed by atoms with Gasteiger partial charge in [0.05, 0.1) is 5.56 Å². The van der Waals surface area contributed by atoms with E-state index in [2.05, 4.69) is 29.3 Å². The van der Waals surface area contributed by atoms with E-state index in [-0.39, 0.29) is 0 Å². The molecule has 1 aliphatic carbocycles. The van der Waals surface area contributed by atoms with Crippen molar-refractivity contribution < 1.29 is 0 Å². The predicted octanol–water partition coefficient (Wildman–Crippen LogP) is 1.24. The van der Waals surface area contributed by atoms with Crippen molar-refractivity contribution in [2.45, 2.75) is 32.2 Å². The second kappa shape index (κ2) is 4.58.